The van der Waals surface area contributed by atoms with Gasteiger partial charge in [0.1, 0.15) is 0 Å². The largest absolute Gasteiger partial charge is 0.355 e. The second-order valence-electron chi connectivity index (χ2n) is 1.98. The molecule has 0 aliphatic heterocycles. The van der Waals surface area contributed by atoms with Crippen molar-refractivity contribution in [1.29, 1.82) is 0 Å². The first-order valence-corrected chi connectivity index (χ1v) is 4.46. The molecule has 0 rings (SSSR count). The summed E-state index contributed by atoms with van der Waals surface area (Å²) < 4.78 is 10.3. The second kappa shape index (κ2) is 6.13. The molecule has 0 heterocycles. The maximum Gasteiger partial charge on any atom is 0.169 e. The van der Waals surface area contributed by atoms with Gasteiger partial charge in [0.2, 0.25) is 0 Å². The average Bonchev–Trinajstić information content (AvgIpc) is 1.99. The van der Waals surface area contributed by atoms with Crippen LogP contribution in [0.5, 0.6) is 0 Å². The molecular formula is C7H15BrO2. The van der Waals surface area contributed by atoms with Crippen LogP contribution >= 0.6 is 15.9 Å². The summed E-state index contributed by atoms with van der Waals surface area (Å²) in [5.41, 5.74) is 0. The van der Waals surface area contributed by atoms with Crippen LogP contribution in [0.1, 0.15) is 20.3 Å². The van der Waals surface area contributed by atoms with Crippen LogP contribution < -0.4 is 0 Å². The zero-order chi connectivity index (χ0) is 7.98. The van der Waals surface area contributed by atoms with Gasteiger partial charge in [0.15, 0.2) is 6.29 Å². The van der Waals surface area contributed by atoms with Crippen molar-refractivity contribution in [1.82, 2.24) is 0 Å². The first-order valence-electron chi connectivity index (χ1n) is 3.54. The number of hydrogen-bond donors (Lipinski definition) is 0. The summed E-state index contributed by atoms with van der Waals surface area (Å²) in [5.74, 6) is 0. The summed E-state index contributed by atoms with van der Waals surface area (Å²) in [6, 6.07) is 0. The zero-order valence-electron chi connectivity index (χ0n) is 6.76. The minimum Gasteiger partial charge on any atom is -0.355 e. The van der Waals surface area contributed by atoms with Crippen LogP contribution in [0.25, 0.3) is 0 Å². The van der Waals surface area contributed by atoms with Gasteiger partial charge < -0.3 is 9.47 Å². The lowest BCUT2D eigenvalue weighted by molar-refractivity contribution is -0.118. The first kappa shape index (κ1) is 10.4. The van der Waals surface area contributed by atoms with Crippen LogP contribution in [0.4, 0.5) is 0 Å². The van der Waals surface area contributed by atoms with E-state index in [9.17, 15) is 0 Å². The standard InChI is InChI=1S/C7H15BrO2/c1-4-6(8)7(9-3)10-5-2/h6-7H,4-5H2,1-3H3/t6-,7+/m1/s1. The van der Waals surface area contributed by atoms with Crippen LogP contribution in [0.15, 0.2) is 0 Å². The van der Waals surface area contributed by atoms with Gasteiger partial charge in [0.25, 0.3) is 0 Å². The van der Waals surface area contributed by atoms with E-state index < -0.39 is 0 Å². The third kappa shape index (κ3) is 3.54. The molecule has 0 aromatic rings. The molecule has 0 aliphatic rings. The van der Waals surface area contributed by atoms with Crippen LogP contribution in [-0.2, 0) is 9.47 Å². The summed E-state index contributed by atoms with van der Waals surface area (Å²) in [6.07, 6.45) is 0.911. The van der Waals surface area contributed by atoms with E-state index in [0.717, 1.165) is 6.42 Å². The van der Waals surface area contributed by atoms with Gasteiger partial charge in [-0.05, 0) is 13.3 Å². The van der Waals surface area contributed by atoms with Crippen LogP contribution in [0, 0.1) is 0 Å². The van der Waals surface area contributed by atoms with E-state index in [1.165, 1.54) is 0 Å². The van der Waals surface area contributed by atoms with Crippen molar-refractivity contribution in [3.8, 4) is 0 Å². The lowest BCUT2D eigenvalue weighted by Crippen LogP contribution is -2.25. The number of rotatable bonds is 5. The first-order chi connectivity index (χ1) is 4.76. The molecule has 0 spiro atoms. The lowest BCUT2D eigenvalue weighted by atomic mass is 10.3. The van der Waals surface area contributed by atoms with Crippen molar-refractivity contribution in [3.63, 3.8) is 0 Å². The predicted molar refractivity (Wildman–Crippen MR) is 45.4 cm³/mol. The Kier molecular flexibility index (Phi) is 6.38. The minimum absolute atomic E-state index is 0.102. The van der Waals surface area contributed by atoms with E-state index in [0.29, 0.717) is 11.4 Å². The Labute approximate surface area is 71.0 Å². The van der Waals surface area contributed by atoms with Crippen molar-refractivity contribution in [3.05, 3.63) is 0 Å². The van der Waals surface area contributed by atoms with E-state index in [-0.39, 0.29) is 6.29 Å². The van der Waals surface area contributed by atoms with Gasteiger partial charge >= 0.3 is 0 Å². The van der Waals surface area contributed by atoms with Gasteiger partial charge in [-0.25, -0.2) is 0 Å². The molecule has 0 saturated heterocycles. The molecule has 0 radical (unpaired) electrons. The smallest absolute Gasteiger partial charge is 0.169 e. The highest BCUT2D eigenvalue weighted by atomic mass is 79.9. The third-order valence-electron chi connectivity index (χ3n) is 1.25. The maximum atomic E-state index is 5.27. The topological polar surface area (TPSA) is 18.5 Å². The maximum absolute atomic E-state index is 5.27. The van der Waals surface area contributed by atoms with Gasteiger partial charge in [-0.2, -0.15) is 0 Å². The van der Waals surface area contributed by atoms with Crippen molar-refractivity contribution in [2.75, 3.05) is 13.7 Å². The van der Waals surface area contributed by atoms with E-state index in [1.807, 2.05) is 6.92 Å². The molecule has 0 saturated carbocycles. The van der Waals surface area contributed by atoms with Gasteiger partial charge in [-0.15, -0.1) is 0 Å². The van der Waals surface area contributed by atoms with Crippen molar-refractivity contribution >= 4 is 15.9 Å². The quantitative estimate of drug-likeness (QED) is 0.512. The Morgan fingerprint density at radius 1 is 1.40 bits per heavy atom. The molecule has 62 valence electrons. The number of methoxy groups -OCH3 is 1. The fourth-order valence-electron chi connectivity index (χ4n) is 0.677. The molecule has 0 aromatic heterocycles. The van der Waals surface area contributed by atoms with Gasteiger partial charge in [-0.1, -0.05) is 22.9 Å². The van der Waals surface area contributed by atoms with Crippen molar-refractivity contribution < 1.29 is 9.47 Å². The van der Waals surface area contributed by atoms with E-state index in [1.54, 1.807) is 7.11 Å². The minimum atomic E-state index is -0.102. The summed E-state index contributed by atoms with van der Waals surface area (Å²) in [5, 5.41) is 0. The van der Waals surface area contributed by atoms with Gasteiger partial charge in [-0.3, -0.25) is 0 Å². The van der Waals surface area contributed by atoms with E-state index in [4.69, 9.17) is 9.47 Å². The summed E-state index contributed by atoms with van der Waals surface area (Å²) >= 11 is 3.45. The highest BCUT2D eigenvalue weighted by molar-refractivity contribution is 9.09. The van der Waals surface area contributed by atoms with Crippen molar-refractivity contribution in [2.45, 2.75) is 31.4 Å². The number of hydrogen-bond acceptors (Lipinski definition) is 2. The molecule has 0 fully saturated rings. The Balaban J connectivity index is 3.56. The predicted octanol–water partition coefficient (Wildman–Crippen LogP) is 2.17. The molecule has 0 aromatic carbocycles. The zero-order valence-corrected chi connectivity index (χ0v) is 8.35. The third-order valence-corrected chi connectivity index (χ3v) is 2.33. The number of alkyl halides is 1. The molecule has 3 heteroatoms. The second-order valence-corrected chi connectivity index (χ2v) is 3.16. The van der Waals surface area contributed by atoms with E-state index in [2.05, 4.69) is 22.9 Å². The molecule has 0 N–H and O–H groups in total. The number of halogens is 1. The summed E-state index contributed by atoms with van der Waals surface area (Å²) in [4.78, 5) is 0.303. The van der Waals surface area contributed by atoms with Gasteiger partial charge in [0, 0.05) is 13.7 Å². The molecule has 0 bridgehead atoms. The van der Waals surface area contributed by atoms with Crippen LogP contribution in [-0.4, -0.2) is 24.8 Å². The Morgan fingerprint density at radius 2 is 2.00 bits per heavy atom. The van der Waals surface area contributed by atoms with Crippen LogP contribution in [0.3, 0.4) is 0 Å². The Bertz CT molecular complexity index is 78.0. The molecule has 0 aliphatic carbocycles. The average molecular weight is 211 g/mol. The SMILES string of the molecule is CCO[C@H](OC)[C@H](Br)CC. The van der Waals surface area contributed by atoms with Crippen LogP contribution in [0.2, 0.25) is 0 Å². The molecule has 10 heavy (non-hydrogen) atoms. The number of ether oxygens (including phenoxy) is 2. The molecule has 0 amide bonds. The lowest BCUT2D eigenvalue weighted by Gasteiger charge is -2.19. The fourth-order valence-corrected chi connectivity index (χ4v) is 1.05. The molecular weight excluding hydrogens is 196 g/mol. The fraction of sp³-hybridized carbons (Fsp3) is 1.00. The summed E-state index contributed by atoms with van der Waals surface area (Å²) in [7, 11) is 1.66. The molecule has 2 atom stereocenters. The Morgan fingerprint density at radius 3 is 2.30 bits per heavy atom. The Hall–Kier alpha value is 0.400. The monoisotopic (exact) mass is 210 g/mol. The summed E-state index contributed by atoms with van der Waals surface area (Å²) in [6.45, 7) is 4.74. The molecule has 2 nitrogen and oxygen atoms in total. The van der Waals surface area contributed by atoms with Crippen molar-refractivity contribution in [2.24, 2.45) is 0 Å². The highest BCUT2D eigenvalue weighted by Gasteiger charge is 2.15. The molecule has 0 unspecified atom stereocenters. The van der Waals surface area contributed by atoms with E-state index >= 15 is 0 Å². The van der Waals surface area contributed by atoms with Gasteiger partial charge in [0.05, 0.1) is 4.83 Å². The highest BCUT2D eigenvalue weighted by Crippen LogP contribution is 2.13. The normalized spacial score (nSPS) is 16.8.